The maximum atomic E-state index is 12.7. The third-order valence-corrected chi connectivity index (χ3v) is 4.97. The van der Waals surface area contributed by atoms with Crippen molar-refractivity contribution in [3.05, 3.63) is 45.0 Å². The highest BCUT2D eigenvalue weighted by atomic mass is 79.9. The predicted molar refractivity (Wildman–Crippen MR) is 93.3 cm³/mol. The van der Waals surface area contributed by atoms with E-state index in [-0.39, 0.29) is 23.5 Å². The molecule has 0 spiro atoms. The zero-order valence-corrected chi connectivity index (χ0v) is 15.6. The summed E-state index contributed by atoms with van der Waals surface area (Å²) in [5.41, 5.74) is 0. The molecular formula is C16H19BrN2O3S. The molecule has 124 valence electrons. The Morgan fingerprint density at radius 3 is 2.61 bits per heavy atom. The highest BCUT2D eigenvalue weighted by molar-refractivity contribution is 9.11. The van der Waals surface area contributed by atoms with Gasteiger partial charge < -0.3 is 14.6 Å². The van der Waals surface area contributed by atoms with Crippen molar-refractivity contribution in [2.45, 2.75) is 26.4 Å². The molecule has 0 saturated heterocycles. The van der Waals surface area contributed by atoms with E-state index in [0.29, 0.717) is 6.54 Å². The van der Waals surface area contributed by atoms with Gasteiger partial charge in [-0.15, -0.1) is 11.3 Å². The van der Waals surface area contributed by atoms with Crippen molar-refractivity contribution in [3.63, 3.8) is 0 Å². The lowest BCUT2D eigenvalue weighted by Crippen LogP contribution is -2.49. The second-order valence-corrected chi connectivity index (χ2v) is 8.12. The van der Waals surface area contributed by atoms with Gasteiger partial charge in [-0.3, -0.25) is 9.59 Å². The molecule has 2 rings (SSSR count). The molecular weight excluding hydrogens is 380 g/mol. The van der Waals surface area contributed by atoms with Crippen LogP contribution >= 0.6 is 27.3 Å². The van der Waals surface area contributed by atoms with E-state index in [0.717, 1.165) is 8.66 Å². The average Bonchev–Trinajstić information content (AvgIpc) is 3.15. The Hall–Kier alpha value is -1.60. The van der Waals surface area contributed by atoms with E-state index in [9.17, 15) is 9.59 Å². The number of nitrogens with one attached hydrogen (secondary N) is 1. The van der Waals surface area contributed by atoms with Gasteiger partial charge >= 0.3 is 0 Å². The van der Waals surface area contributed by atoms with Crippen molar-refractivity contribution in [1.29, 1.82) is 0 Å². The van der Waals surface area contributed by atoms with Gasteiger partial charge in [0, 0.05) is 11.9 Å². The summed E-state index contributed by atoms with van der Waals surface area (Å²) in [7, 11) is 1.74. The third-order valence-electron chi connectivity index (χ3n) is 3.36. The molecule has 0 saturated carbocycles. The van der Waals surface area contributed by atoms with Crippen LogP contribution in [0.2, 0.25) is 0 Å². The van der Waals surface area contributed by atoms with Crippen LogP contribution in [0.5, 0.6) is 0 Å². The lowest BCUT2D eigenvalue weighted by molar-refractivity contribution is -0.133. The van der Waals surface area contributed by atoms with Gasteiger partial charge in [0.1, 0.15) is 6.04 Å². The first-order chi connectivity index (χ1) is 10.9. The third kappa shape index (κ3) is 4.68. The Morgan fingerprint density at radius 2 is 2.09 bits per heavy atom. The maximum Gasteiger partial charge on any atom is 0.287 e. The van der Waals surface area contributed by atoms with Gasteiger partial charge in [-0.05, 0) is 46.1 Å². The van der Waals surface area contributed by atoms with Gasteiger partial charge in [0.05, 0.1) is 16.6 Å². The van der Waals surface area contributed by atoms with E-state index >= 15 is 0 Å². The Morgan fingerprint density at radius 1 is 1.35 bits per heavy atom. The van der Waals surface area contributed by atoms with Gasteiger partial charge in [0.2, 0.25) is 5.91 Å². The summed E-state index contributed by atoms with van der Waals surface area (Å²) in [6.45, 7) is 4.32. The van der Waals surface area contributed by atoms with Gasteiger partial charge in [-0.25, -0.2) is 0 Å². The number of carbonyl (C=O) groups excluding carboxylic acids is 2. The van der Waals surface area contributed by atoms with Crippen LogP contribution in [0.1, 0.15) is 29.3 Å². The van der Waals surface area contributed by atoms with E-state index in [1.54, 1.807) is 35.4 Å². The molecule has 1 N–H and O–H groups in total. The number of nitrogens with zero attached hydrogens (tertiary/aromatic N) is 1. The molecule has 5 nitrogen and oxygen atoms in total. The van der Waals surface area contributed by atoms with E-state index in [1.165, 1.54) is 6.26 Å². The lowest BCUT2D eigenvalue weighted by atomic mass is 10.0. The molecule has 23 heavy (non-hydrogen) atoms. The number of likely N-dealkylation sites (N-methyl/N-ethyl adjacent to an activating group) is 1. The number of thiophene rings is 1. The normalized spacial score (nSPS) is 12.2. The molecule has 2 amide bonds. The first-order valence-corrected chi connectivity index (χ1v) is 8.83. The largest absolute Gasteiger partial charge is 0.459 e. The summed E-state index contributed by atoms with van der Waals surface area (Å²) in [5.74, 6) is -0.328. The molecule has 2 aromatic heterocycles. The van der Waals surface area contributed by atoms with Crippen LogP contribution in [0, 0.1) is 5.92 Å². The summed E-state index contributed by atoms with van der Waals surface area (Å²) in [4.78, 5) is 27.5. The fourth-order valence-corrected chi connectivity index (χ4v) is 3.66. The molecule has 0 aliphatic carbocycles. The maximum absolute atomic E-state index is 12.7. The first kappa shape index (κ1) is 17.7. The average molecular weight is 399 g/mol. The minimum Gasteiger partial charge on any atom is -0.459 e. The predicted octanol–water partition coefficient (Wildman–Crippen LogP) is 3.52. The van der Waals surface area contributed by atoms with Crippen LogP contribution in [-0.2, 0) is 11.3 Å². The second kappa shape index (κ2) is 7.79. The molecule has 0 aromatic carbocycles. The summed E-state index contributed by atoms with van der Waals surface area (Å²) in [6.07, 6.45) is 1.43. The molecule has 0 aliphatic rings. The molecule has 1 atom stereocenters. The fraction of sp³-hybridized carbons (Fsp3) is 0.375. The van der Waals surface area contributed by atoms with Crippen molar-refractivity contribution >= 4 is 39.1 Å². The molecule has 0 aliphatic heterocycles. The van der Waals surface area contributed by atoms with Crippen molar-refractivity contribution in [2.75, 3.05) is 7.05 Å². The van der Waals surface area contributed by atoms with E-state index < -0.39 is 6.04 Å². The number of hydrogen-bond acceptors (Lipinski definition) is 4. The van der Waals surface area contributed by atoms with E-state index in [1.807, 2.05) is 26.0 Å². The van der Waals surface area contributed by atoms with Gasteiger partial charge in [-0.2, -0.15) is 0 Å². The van der Waals surface area contributed by atoms with Crippen LogP contribution in [-0.4, -0.2) is 29.8 Å². The fourth-order valence-electron chi connectivity index (χ4n) is 2.12. The summed E-state index contributed by atoms with van der Waals surface area (Å²) < 4.78 is 6.10. The first-order valence-electron chi connectivity index (χ1n) is 7.22. The molecule has 0 bridgehead atoms. The highest BCUT2D eigenvalue weighted by Gasteiger charge is 2.28. The second-order valence-electron chi connectivity index (χ2n) is 5.57. The molecule has 2 aromatic rings. The number of carbonyl (C=O) groups is 2. The molecule has 2 heterocycles. The van der Waals surface area contributed by atoms with Crippen LogP contribution in [0.25, 0.3) is 0 Å². The van der Waals surface area contributed by atoms with Gasteiger partial charge in [0.15, 0.2) is 5.76 Å². The minimum absolute atomic E-state index is 0.0288. The zero-order valence-electron chi connectivity index (χ0n) is 13.2. The lowest BCUT2D eigenvalue weighted by Gasteiger charge is -2.26. The molecule has 7 heteroatoms. The van der Waals surface area contributed by atoms with Crippen LogP contribution in [0.4, 0.5) is 0 Å². The van der Waals surface area contributed by atoms with E-state index in [4.69, 9.17) is 4.42 Å². The number of halogens is 1. The summed E-state index contributed by atoms with van der Waals surface area (Å²) in [5, 5.41) is 2.76. The smallest absolute Gasteiger partial charge is 0.287 e. The summed E-state index contributed by atoms with van der Waals surface area (Å²) >= 11 is 5.00. The van der Waals surface area contributed by atoms with Gasteiger partial charge in [0.25, 0.3) is 5.91 Å². The Balaban J connectivity index is 2.04. The number of rotatable bonds is 6. The van der Waals surface area contributed by atoms with Crippen molar-refractivity contribution in [2.24, 2.45) is 5.92 Å². The Labute approximate surface area is 147 Å². The summed E-state index contributed by atoms with van der Waals surface area (Å²) in [6, 6.07) is 6.55. The van der Waals surface area contributed by atoms with Gasteiger partial charge in [-0.1, -0.05) is 13.8 Å². The van der Waals surface area contributed by atoms with Crippen molar-refractivity contribution in [1.82, 2.24) is 10.2 Å². The molecule has 0 unspecified atom stereocenters. The topological polar surface area (TPSA) is 62.6 Å². The van der Waals surface area contributed by atoms with Crippen LogP contribution in [0.3, 0.4) is 0 Å². The van der Waals surface area contributed by atoms with Crippen LogP contribution in [0.15, 0.2) is 38.7 Å². The number of furan rings is 1. The highest BCUT2D eigenvalue weighted by Crippen LogP contribution is 2.23. The number of hydrogen-bond donors (Lipinski definition) is 1. The molecule has 0 fully saturated rings. The zero-order chi connectivity index (χ0) is 17.0. The van der Waals surface area contributed by atoms with Crippen LogP contribution < -0.4 is 5.32 Å². The quantitative estimate of drug-likeness (QED) is 0.809. The van der Waals surface area contributed by atoms with Crippen molar-refractivity contribution in [3.8, 4) is 0 Å². The Bertz CT molecular complexity index is 667. The van der Waals surface area contributed by atoms with Crippen molar-refractivity contribution < 1.29 is 14.0 Å². The SMILES string of the molecule is CC(C)[C@H](NC(=O)c1ccco1)C(=O)N(C)Cc1ccc(Br)s1. The minimum atomic E-state index is -0.596. The van der Waals surface area contributed by atoms with E-state index in [2.05, 4.69) is 21.2 Å². The number of amides is 2. The monoisotopic (exact) mass is 398 g/mol. The standard InChI is InChI=1S/C16H19BrN2O3S/c1-10(2)14(18-15(20)12-5-4-8-22-12)16(21)19(3)9-11-6-7-13(17)23-11/h4-8,10,14H,9H2,1-3H3,(H,18,20)/t14-/m0/s1. The Kier molecular flexibility index (Phi) is 6.01. The molecule has 0 radical (unpaired) electrons.